The molecule has 1 spiro atoms. The van der Waals surface area contributed by atoms with Gasteiger partial charge in [-0.15, -0.1) is 0 Å². The summed E-state index contributed by atoms with van der Waals surface area (Å²) < 4.78 is 7.16. The van der Waals surface area contributed by atoms with Crippen LogP contribution in [0.25, 0.3) is 28.0 Å². The minimum atomic E-state index is -0.415. The van der Waals surface area contributed by atoms with E-state index in [1.54, 1.807) is 17.9 Å². The van der Waals surface area contributed by atoms with Crippen molar-refractivity contribution in [2.45, 2.75) is 26.7 Å². The van der Waals surface area contributed by atoms with Crippen LogP contribution in [0.15, 0.2) is 47.4 Å². The maximum absolute atomic E-state index is 13.9. The molecule has 2 aliphatic heterocycles. The van der Waals surface area contributed by atoms with Crippen molar-refractivity contribution in [3.05, 3.63) is 69.9 Å². The van der Waals surface area contributed by atoms with Crippen molar-refractivity contribution in [1.82, 2.24) is 24.8 Å². The van der Waals surface area contributed by atoms with Crippen molar-refractivity contribution >= 4 is 16.9 Å². The first kappa shape index (κ1) is 24.1. The van der Waals surface area contributed by atoms with E-state index in [2.05, 4.69) is 26.3 Å². The summed E-state index contributed by atoms with van der Waals surface area (Å²) in [5, 5.41) is 14.2. The summed E-state index contributed by atoms with van der Waals surface area (Å²) in [4.78, 5) is 30.2. The number of pyridine rings is 2. The zero-order valence-electron chi connectivity index (χ0n) is 21.9. The van der Waals surface area contributed by atoms with Crippen LogP contribution >= 0.6 is 0 Å². The molecule has 2 fully saturated rings. The lowest BCUT2D eigenvalue weighted by Gasteiger charge is -2.56. The molecule has 0 atom stereocenters. The SMILES string of the molecule is COc1ccccc1-c1nc2c(cc1C#N)c(N1CC3(CNC3)C1)nc(=O)n2-c1c(C)ccnc1C(C)C. The van der Waals surface area contributed by atoms with Crippen LogP contribution in [0, 0.1) is 23.7 Å². The highest BCUT2D eigenvalue weighted by Gasteiger charge is 2.48. The zero-order chi connectivity index (χ0) is 26.6. The zero-order valence-corrected chi connectivity index (χ0v) is 21.9. The molecule has 0 aliphatic carbocycles. The van der Waals surface area contributed by atoms with Gasteiger partial charge in [0.2, 0.25) is 0 Å². The molecule has 192 valence electrons. The minimum absolute atomic E-state index is 0.0694. The average Bonchev–Trinajstić information content (AvgIpc) is 2.86. The van der Waals surface area contributed by atoms with Crippen LogP contribution in [-0.2, 0) is 0 Å². The van der Waals surface area contributed by atoms with Crippen LogP contribution in [0.3, 0.4) is 0 Å². The van der Waals surface area contributed by atoms with Gasteiger partial charge < -0.3 is 15.0 Å². The maximum Gasteiger partial charge on any atom is 0.355 e. The van der Waals surface area contributed by atoms with Gasteiger partial charge in [0, 0.05) is 43.4 Å². The van der Waals surface area contributed by atoms with Crippen LogP contribution in [0.1, 0.15) is 36.6 Å². The predicted octanol–water partition coefficient (Wildman–Crippen LogP) is 3.56. The Labute approximate surface area is 220 Å². The van der Waals surface area contributed by atoms with E-state index in [0.29, 0.717) is 45.1 Å². The second-order valence-electron chi connectivity index (χ2n) is 10.6. The van der Waals surface area contributed by atoms with Crippen molar-refractivity contribution in [3.8, 4) is 28.8 Å². The summed E-state index contributed by atoms with van der Waals surface area (Å²) in [6.45, 7) is 9.61. The van der Waals surface area contributed by atoms with E-state index in [9.17, 15) is 10.1 Å². The number of methoxy groups -OCH3 is 1. The van der Waals surface area contributed by atoms with E-state index in [1.165, 1.54) is 0 Å². The topological polar surface area (TPSA) is 109 Å². The number of hydrogen-bond donors (Lipinski definition) is 1. The lowest BCUT2D eigenvalue weighted by Crippen LogP contribution is -2.71. The fourth-order valence-corrected chi connectivity index (χ4v) is 5.60. The quantitative estimate of drug-likeness (QED) is 0.437. The van der Waals surface area contributed by atoms with Crippen molar-refractivity contribution in [2.24, 2.45) is 5.41 Å². The van der Waals surface area contributed by atoms with E-state index in [-0.39, 0.29) is 11.3 Å². The number of rotatable bonds is 5. The van der Waals surface area contributed by atoms with Gasteiger partial charge in [0.05, 0.1) is 35.1 Å². The molecule has 0 saturated carbocycles. The lowest BCUT2D eigenvalue weighted by atomic mass is 9.74. The number of fused-ring (bicyclic) bond motifs is 1. The standard InChI is InChI=1S/C29H29N7O2/c1-17(2)23-25(18(3)9-10-32-23)36-27-21(26(34-28(36)37)35-15-29(16-35)13-31-14-29)11-19(12-30)24(33-27)20-7-5-6-8-22(20)38-4/h5-11,17,31H,13-16H2,1-4H3. The lowest BCUT2D eigenvalue weighted by molar-refractivity contribution is 0.120. The normalized spacial score (nSPS) is 15.8. The summed E-state index contributed by atoms with van der Waals surface area (Å²) in [6.07, 6.45) is 1.76. The van der Waals surface area contributed by atoms with Gasteiger partial charge in [-0.05, 0) is 42.7 Å². The average molecular weight is 508 g/mol. The number of aromatic nitrogens is 4. The van der Waals surface area contributed by atoms with E-state index < -0.39 is 5.69 Å². The molecule has 2 aliphatic rings. The van der Waals surface area contributed by atoms with Gasteiger partial charge in [-0.3, -0.25) is 4.98 Å². The van der Waals surface area contributed by atoms with Gasteiger partial charge in [-0.25, -0.2) is 14.3 Å². The third kappa shape index (κ3) is 3.63. The van der Waals surface area contributed by atoms with Crippen LogP contribution in [0.2, 0.25) is 0 Å². The Kier molecular flexibility index (Phi) is 5.65. The number of benzene rings is 1. The molecule has 1 aromatic carbocycles. The van der Waals surface area contributed by atoms with Crippen LogP contribution in [0.5, 0.6) is 5.75 Å². The Morgan fingerprint density at radius 1 is 1.16 bits per heavy atom. The molecule has 0 unspecified atom stereocenters. The van der Waals surface area contributed by atoms with Gasteiger partial charge in [-0.1, -0.05) is 26.0 Å². The highest BCUT2D eigenvalue weighted by atomic mass is 16.5. The number of hydrogen-bond acceptors (Lipinski definition) is 8. The molecule has 9 heteroatoms. The van der Waals surface area contributed by atoms with Gasteiger partial charge in [0.1, 0.15) is 17.6 Å². The predicted molar refractivity (Wildman–Crippen MR) is 146 cm³/mol. The Balaban J connectivity index is 1.68. The van der Waals surface area contributed by atoms with Gasteiger partial charge >= 0.3 is 5.69 Å². The molecular weight excluding hydrogens is 478 g/mol. The molecule has 9 nitrogen and oxygen atoms in total. The summed E-state index contributed by atoms with van der Waals surface area (Å²) >= 11 is 0. The van der Waals surface area contributed by atoms with Crippen LogP contribution < -0.4 is 20.6 Å². The molecule has 2 saturated heterocycles. The van der Waals surface area contributed by atoms with Gasteiger partial charge in [-0.2, -0.15) is 10.2 Å². The summed E-state index contributed by atoms with van der Waals surface area (Å²) in [7, 11) is 1.59. The molecule has 4 aromatic rings. The monoisotopic (exact) mass is 507 g/mol. The van der Waals surface area contributed by atoms with Crippen LogP contribution in [0.4, 0.5) is 5.82 Å². The first-order valence-electron chi connectivity index (χ1n) is 12.8. The summed E-state index contributed by atoms with van der Waals surface area (Å²) in [6, 6.07) is 13.5. The fourth-order valence-electron chi connectivity index (χ4n) is 5.60. The number of ether oxygens (including phenoxy) is 1. The molecule has 1 N–H and O–H groups in total. The Morgan fingerprint density at radius 3 is 2.58 bits per heavy atom. The Morgan fingerprint density at radius 2 is 1.92 bits per heavy atom. The summed E-state index contributed by atoms with van der Waals surface area (Å²) in [5.74, 6) is 1.24. The molecular formula is C29H29N7O2. The fraction of sp³-hybridized carbons (Fsp3) is 0.345. The van der Waals surface area contributed by atoms with Crippen molar-refractivity contribution in [1.29, 1.82) is 5.26 Å². The first-order chi connectivity index (χ1) is 18.4. The van der Waals surface area contributed by atoms with E-state index in [0.717, 1.165) is 37.4 Å². The Bertz CT molecular complexity index is 1670. The third-order valence-corrected chi connectivity index (χ3v) is 7.61. The smallest absolute Gasteiger partial charge is 0.355 e. The first-order valence-corrected chi connectivity index (χ1v) is 12.8. The Hall–Kier alpha value is -4.29. The number of para-hydroxylation sites is 1. The van der Waals surface area contributed by atoms with E-state index in [1.807, 2.05) is 57.2 Å². The number of anilines is 1. The largest absolute Gasteiger partial charge is 0.496 e. The molecule has 5 heterocycles. The highest BCUT2D eigenvalue weighted by molar-refractivity contribution is 5.93. The maximum atomic E-state index is 13.9. The molecule has 0 radical (unpaired) electrons. The van der Waals surface area contributed by atoms with Crippen molar-refractivity contribution < 1.29 is 4.74 Å². The molecule has 38 heavy (non-hydrogen) atoms. The second-order valence-corrected chi connectivity index (χ2v) is 10.6. The highest BCUT2D eigenvalue weighted by Crippen LogP contribution is 2.40. The van der Waals surface area contributed by atoms with Gasteiger partial charge in [0.15, 0.2) is 5.65 Å². The number of aryl methyl sites for hydroxylation is 1. The molecule has 3 aromatic heterocycles. The van der Waals surface area contributed by atoms with Crippen LogP contribution in [-0.4, -0.2) is 52.8 Å². The van der Waals surface area contributed by atoms with E-state index in [4.69, 9.17) is 9.72 Å². The molecule has 0 bridgehead atoms. The molecule has 6 rings (SSSR count). The second kappa shape index (κ2) is 8.92. The number of nitriles is 1. The number of nitrogens with zero attached hydrogens (tertiary/aromatic N) is 6. The molecule has 0 amide bonds. The van der Waals surface area contributed by atoms with Gasteiger partial charge in [0.25, 0.3) is 0 Å². The number of nitrogens with one attached hydrogen (secondary N) is 1. The van der Waals surface area contributed by atoms with E-state index >= 15 is 0 Å². The minimum Gasteiger partial charge on any atom is -0.496 e. The summed E-state index contributed by atoms with van der Waals surface area (Å²) in [5.41, 5.74) is 4.17. The third-order valence-electron chi connectivity index (χ3n) is 7.61. The van der Waals surface area contributed by atoms with Crippen molar-refractivity contribution in [3.63, 3.8) is 0 Å². The van der Waals surface area contributed by atoms with Crippen molar-refractivity contribution in [2.75, 3.05) is 38.2 Å².